The third-order valence-electron chi connectivity index (χ3n) is 3.96. The van der Waals surface area contributed by atoms with Crippen molar-refractivity contribution in [2.24, 2.45) is 11.8 Å². The molecule has 1 aromatic carbocycles. The highest BCUT2D eigenvalue weighted by atomic mass is 127. The summed E-state index contributed by atoms with van der Waals surface area (Å²) in [6.45, 7) is 4.55. The van der Waals surface area contributed by atoms with E-state index in [1.807, 2.05) is 28.7 Å². The molecule has 1 N–H and O–H groups in total. The van der Waals surface area contributed by atoms with Crippen molar-refractivity contribution in [2.75, 3.05) is 5.32 Å². The van der Waals surface area contributed by atoms with Crippen LogP contribution in [0.5, 0.6) is 0 Å². The molecule has 0 aromatic heterocycles. The van der Waals surface area contributed by atoms with Crippen LogP contribution in [0.25, 0.3) is 0 Å². The summed E-state index contributed by atoms with van der Waals surface area (Å²) >= 11 is 2.02. The van der Waals surface area contributed by atoms with E-state index in [2.05, 4.69) is 19.2 Å². The Bertz CT molecular complexity index is 464. The zero-order valence-corrected chi connectivity index (χ0v) is 12.7. The summed E-state index contributed by atoms with van der Waals surface area (Å²) in [4.78, 5) is 10.4. The van der Waals surface area contributed by atoms with E-state index in [4.69, 9.17) is 0 Å². The van der Waals surface area contributed by atoms with Gasteiger partial charge in [-0.2, -0.15) is 0 Å². The standard InChI is InChI=1S/C13H17IN2O2/c1-8-3-5-12(9(8)2)15-10-4-6-13(16(17)18)11(14)7-10/h4,6-9,12,15H,3,5H2,1-2H3. The summed E-state index contributed by atoms with van der Waals surface area (Å²) < 4.78 is 0.682. The number of nitro groups is 1. The molecule has 1 fully saturated rings. The highest BCUT2D eigenvalue weighted by molar-refractivity contribution is 14.1. The van der Waals surface area contributed by atoms with Crippen molar-refractivity contribution in [3.05, 3.63) is 31.9 Å². The molecule has 0 radical (unpaired) electrons. The largest absolute Gasteiger partial charge is 0.382 e. The molecule has 0 aliphatic heterocycles. The minimum absolute atomic E-state index is 0.175. The summed E-state index contributed by atoms with van der Waals surface area (Å²) in [5.41, 5.74) is 1.16. The Hall–Kier alpha value is -0.850. The Morgan fingerprint density at radius 3 is 2.61 bits per heavy atom. The van der Waals surface area contributed by atoms with Gasteiger partial charge in [0.25, 0.3) is 5.69 Å². The number of hydrogen-bond acceptors (Lipinski definition) is 3. The Kier molecular flexibility index (Phi) is 4.09. The lowest BCUT2D eigenvalue weighted by atomic mass is 9.97. The predicted octanol–water partition coefficient (Wildman–Crippen LogP) is 4.05. The van der Waals surface area contributed by atoms with Crippen LogP contribution in [-0.4, -0.2) is 11.0 Å². The number of hydrogen-bond donors (Lipinski definition) is 1. The number of rotatable bonds is 3. The van der Waals surface area contributed by atoms with Gasteiger partial charge in [-0.3, -0.25) is 10.1 Å². The Balaban J connectivity index is 2.11. The van der Waals surface area contributed by atoms with Crippen molar-refractivity contribution in [1.29, 1.82) is 0 Å². The maximum absolute atomic E-state index is 10.8. The number of nitrogens with zero attached hydrogens (tertiary/aromatic N) is 1. The van der Waals surface area contributed by atoms with Gasteiger partial charge in [-0.05, 0) is 59.4 Å². The SMILES string of the molecule is CC1CCC(Nc2ccc([N+](=O)[O-])c(I)c2)C1C. The molecule has 0 amide bonds. The van der Waals surface area contributed by atoms with E-state index in [1.165, 1.54) is 12.8 Å². The van der Waals surface area contributed by atoms with Gasteiger partial charge < -0.3 is 5.32 Å². The fourth-order valence-corrected chi connectivity index (χ4v) is 3.24. The molecule has 98 valence electrons. The normalized spacial score (nSPS) is 27.2. The summed E-state index contributed by atoms with van der Waals surface area (Å²) in [5.74, 6) is 1.40. The Morgan fingerprint density at radius 2 is 2.11 bits per heavy atom. The third kappa shape index (κ3) is 2.76. The molecule has 1 saturated carbocycles. The van der Waals surface area contributed by atoms with E-state index in [0.717, 1.165) is 11.6 Å². The first-order chi connectivity index (χ1) is 8.49. The molecule has 0 spiro atoms. The van der Waals surface area contributed by atoms with Crippen LogP contribution in [0.15, 0.2) is 18.2 Å². The number of anilines is 1. The summed E-state index contributed by atoms with van der Waals surface area (Å²) in [7, 11) is 0. The van der Waals surface area contributed by atoms with Crippen molar-refractivity contribution < 1.29 is 4.92 Å². The van der Waals surface area contributed by atoms with E-state index in [-0.39, 0.29) is 10.6 Å². The molecule has 0 bridgehead atoms. The van der Waals surface area contributed by atoms with E-state index in [1.54, 1.807) is 12.1 Å². The van der Waals surface area contributed by atoms with Crippen molar-refractivity contribution in [3.8, 4) is 0 Å². The van der Waals surface area contributed by atoms with Crippen LogP contribution in [0.4, 0.5) is 11.4 Å². The van der Waals surface area contributed by atoms with Crippen molar-refractivity contribution >= 4 is 34.0 Å². The molecule has 4 nitrogen and oxygen atoms in total. The first kappa shape index (κ1) is 13.6. The first-order valence-corrected chi connectivity index (χ1v) is 7.27. The summed E-state index contributed by atoms with van der Waals surface area (Å²) in [6, 6.07) is 5.72. The van der Waals surface area contributed by atoms with Crippen LogP contribution in [0.2, 0.25) is 0 Å². The molecule has 2 rings (SSSR count). The summed E-state index contributed by atoms with van der Waals surface area (Å²) in [6.07, 6.45) is 2.43. The lowest BCUT2D eigenvalue weighted by Gasteiger charge is -2.20. The Morgan fingerprint density at radius 1 is 1.39 bits per heavy atom. The van der Waals surface area contributed by atoms with Gasteiger partial charge in [0.1, 0.15) is 0 Å². The first-order valence-electron chi connectivity index (χ1n) is 6.19. The number of nitrogens with one attached hydrogen (secondary N) is 1. The van der Waals surface area contributed by atoms with Gasteiger partial charge in [-0.25, -0.2) is 0 Å². The minimum Gasteiger partial charge on any atom is -0.382 e. The fourth-order valence-electron chi connectivity index (χ4n) is 2.53. The second-order valence-corrected chi connectivity index (χ2v) is 6.25. The molecule has 1 aliphatic carbocycles. The molecule has 5 heteroatoms. The molecule has 0 saturated heterocycles. The minimum atomic E-state index is -0.341. The van der Waals surface area contributed by atoms with Gasteiger partial charge in [-0.15, -0.1) is 0 Å². The average molecular weight is 360 g/mol. The van der Waals surface area contributed by atoms with Gasteiger partial charge in [0.15, 0.2) is 0 Å². The van der Waals surface area contributed by atoms with Crippen LogP contribution in [0.1, 0.15) is 26.7 Å². The van der Waals surface area contributed by atoms with E-state index in [0.29, 0.717) is 15.5 Å². The second-order valence-electron chi connectivity index (χ2n) is 5.09. The average Bonchev–Trinajstić information content (AvgIpc) is 2.61. The second kappa shape index (κ2) is 5.42. The highest BCUT2D eigenvalue weighted by Gasteiger charge is 2.29. The van der Waals surface area contributed by atoms with Crippen molar-refractivity contribution in [2.45, 2.75) is 32.7 Å². The summed E-state index contributed by atoms with van der Waals surface area (Å²) in [5, 5.41) is 14.3. The Labute approximate surface area is 120 Å². The smallest absolute Gasteiger partial charge is 0.282 e. The maximum atomic E-state index is 10.8. The van der Waals surface area contributed by atoms with Crippen molar-refractivity contribution in [3.63, 3.8) is 0 Å². The third-order valence-corrected chi connectivity index (χ3v) is 4.83. The van der Waals surface area contributed by atoms with Crippen LogP contribution < -0.4 is 5.32 Å². The topological polar surface area (TPSA) is 55.2 Å². The van der Waals surface area contributed by atoms with Crippen LogP contribution >= 0.6 is 22.6 Å². The number of halogens is 1. The maximum Gasteiger partial charge on any atom is 0.282 e. The quantitative estimate of drug-likeness (QED) is 0.503. The lowest BCUT2D eigenvalue weighted by Crippen LogP contribution is -2.24. The molecular formula is C13H17IN2O2. The van der Waals surface area contributed by atoms with Gasteiger partial charge in [0, 0.05) is 17.8 Å². The zero-order valence-electron chi connectivity index (χ0n) is 10.5. The monoisotopic (exact) mass is 360 g/mol. The number of benzene rings is 1. The van der Waals surface area contributed by atoms with Crippen LogP contribution in [0, 0.1) is 25.5 Å². The highest BCUT2D eigenvalue weighted by Crippen LogP contribution is 2.34. The fraction of sp³-hybridized carbons (Fsp3) is 0.538. The molecular weight excluding hydrogens is 343 g/mol. The molecule has 1 aromatic rings. The van der Waals surface area contributed by atoms with Gasteiger partial charge in [-0.1, -0.05) is 13.8 Å². The molecule has 0 heterocycles. The van der Waals surface area contributed by atoms with Gasteiger partial charge in [0.2, 0.25) is 0 Å². The predicted molar refractivity (Wildman–Crippen MR) is 80.8 cm³/mol. The zero-order chi connectivity index (χ0) is 13.3. The molecule has 3 unspecified atom stereocenters. The molecule has 3 atom stereocenters. The van der Waals surface area contributed by atoms with E-state index >= 15 is 0 Å². The number of nitro benzene ring substituents is 1. The van der Waals surface area contributed by atoms with E-state index < -0.39 is 0 Å². The molecule has 18 heavy (non-hydrogen) atoms. The van der Waals surface area contributed by atoms with E-state index in [9.17, 15) is 10.1 Å². The van der Waals surface area contributed by atoms with Gasteiger partial charge >= 0.3 is 0 Å². The van der Waals surface area contributed by atoms with Gasteiger partial charge in [0.05, 0.1) is 8.49 Å². The lowest BCUT2D eigenvalue weighted by molar-refractivity contribution is -0.385. The van der Waals surface area contributed by atoms with Crippen molar-refractivity contribution in [1.82, 2.24) is 0 Å². The van der Waals surface area contributed by atoms with Crippen LogP contribution in [0.3, 0.4) is 0 Å². The molecule has 1 aliphatic rings. The van der Waals surface area contributed by atoms with Crippen LogP contribution in [-0.2, 0) is 0 Å².